The van der Waals surface area contributed by atoms with E-state index in [2.05, 4.69) is 44.1 Å². The first kappa shape index (κ1) is 15.3. The summed E-state index contributed by atoms with van der Waals surface area (Å²) in [5.74, 6) is 0. The molecule has 5 nitrogen and oxygen atoms in total. The van der Waals surface area contributed by atoms with Crippen molar-refractivity contribution in [3.8, 4) is 0 Å². The van der Waals surface area contributed by atoms with Gasteiger partial charge in [-0.2, -0.15) is 0 Å². The van der Waals surface area contributed by atoms with Crippen molar-refractivity contribution in [2.75, 3.05) is 19.7 Å². The van der Waals surface area contributed by atoms with Gasteiger partial charge in [0.05, 0.1) is 12.7 Å². The number of aromatic nitrogens is 3. The van der Waals surface area contributed by atoms with Gasteiger partial charge in [0.25, 0.3) is 0 Å². The molecule has 24 heavy (non-hydrogen) atoms. The Labute approximate surface area is 141 Å². The fraction of sp³-hybridized carbons (Fsp3) is 0.368. The Bertz CT molecular complexity index is 786. The summed E-state index contributed by atoms with van der Waals surface area (Å²) in [6.07, 6.45) is 7.64. The second-order valence-corrected chi connectivity index (χ2v) is 6.32. The average Bonchev–Trinajstić information content (AvgIpc) is 3.11. The van der Waals surface area contributed by atoms with E-state index in [9.17, 15) is 0 Å². The topological polar surface area (TPSA) is 54.0 Å². The molecule has 0 unspecified atom stereocenters. The van der Waals surface area contributed by atoms with Crippen LogP contribution in [0, 0.1) is 0 Å². The van der Waals surface area contributed by atoms with Crippen molar-refractivity contribution < 1.29 is 4.74 Å². The molecule has 4 rings (SSSR count). The van der Waals surface area contributed by atoms with Gasteiger partial charge in [-0.05, 0) is 36.6 Å². The minimum Gasteiger partial charge on any atom is -0.376 e. The summed E-state index contributed by atoms with van der Waals surface area (Å²) in [5, 5.41) is 1.32. The molecule has 1 saturated heterocycles. The zero-order valence-electron chi connectivity index (χ0n) is 13.7. The van der Waals surface area contributed by atoms with Gasteiger partial charge in [0.15, 0.2) is 0 Å². The first-order chi connectivity index (χ1) is 11.9. The Hall–Kier alpha value is -2.24. The molecule has 0 radical (unpaired) electrons. The molecule has 1 fully saturated rings. The van der Waals surface area contributed by atoms with Crippen LogP contribution in [0.2, 0.25) is 0 Å². The Balaban J connectivity index is 1.37. The van der Waals surface area contributed by atoms with E-state index in [1.165, 1.54) is 16.5 Å². The summed E-state index contributed by atoms with van der Waals surface area (Å²) in [5.41, 5.74) is 3.68. The molecule has 0 saturated carbocycles. The molecule has 1 N–H and O–H groups in total. The summed E-state index contributed by atoms with van der Waals surface area (Å²) < 4.78 is 5.95. The van der Waals surface area contributed by atoms with Crippen LogP contribution in [0.1, 0.15) is 17.7 Å². The molecule has 0 aliphatic carbocycles. The number of ether oxygens (including phenoxy) is 1. The number of H-pyrrole nitrogens is 1. The summed E-state index contributed by atoms with van der Waals surface area (Å²) >= 11 is 0. The number of nitrogens with one attached hydrogen (secondary N) is 1. The van der Waals surface area contributed by atoms with E-state index in [1.807, 2.05) is 12.3 Å². The number of aromatic amines is 1. The molecule has 0 amide bonds. The van der Waals surface area contributed by atoms with Gasteiger partial charge in [-0.1, -0.05) is 12.1 Å². The quantitative estimate of drug-likeness (QED) is 0.785. The molecule has 5 heteroatoms. The van der Waals surface area contributed by atoms with Gasteiger partial charge < -0.3 is 9.72 Å². The molecule has 2 aromatic heterocycles. The molecular formula is C19H22N4O. The number of fused-ring (bicyclic) bond motifs is 1. The maximum Gasteiger partial charge on any atom is 0.115 e. The minimum absolute atomic E-state index is 0.277. The molecule has 124 valence electrons. The zero-order valence-corrected chi connectivity index (χ0v) is 13.7. The highest BCUT2D eigenvalue weighted by molar-refractivity contribution is 5.82. The highest BCUT2D eigenvalue weighted by Crippen LogP contribution is 2.21. The highest BCUT2D eigenvalue weighted by Gasteiger charge is 2.21. The lowest BCUT2D eigenvalue weighted by Crippen LogP contribution is -2.42. The Kier molecular flexibility index (Phi) is 4.53. The number of nitrogens with zero attached hydrogens (tertiary/aromatic N) is 3. The second-order valence-electron chi connectivity index (χ2n) is 6.32. The standard InChI is InChI=1S/C19H22N4O/c1-2-15(18-7-9-21-19(18)3-1)12-23-10-11-24-17(13-23)5-4-16-6-8-20-14-22-16/h1-3,6-9,14,17,21H,4-5,10-13H2/t17-/m1/s1. The lowest BCUT2D eigenvalue weighted by molar-refractivity contribution is -0.0345. The lowest BCUT2D eigenvalue weighted by atomic mass is 10.1. The van der Waals surface area contributed by atoms with E-state index < -0.39 is 0 Å². The zero-order chi connectivity index (χ0) is 16.2. The van der Waals surface area contributed by atoms with Crippen LogP contribution in [0.15, 0.2) is 49.1 Å². The Morgan fingerprint density at radius 1 is 1.25 bits per heavy atom. The van der Waals surface area contributed by atoms with E-state index in [-0.39, 0.29) is 6.10 Å². The number of rotatable bonds is 5. The SMILES string of the molecule is c1cc(CN2CCO[C@H](CCc3ccncn3)C2)c2cc[nH]c2c1. The molecule has 3 heterocycles. The largest absolute Gasteiger partial charge is 0.376 e. The average molecular weight is 322 g/mol. The maximum atomic E-state index is 5.95. The van der Waals surface area contributed by atoms with Crippen LogP contribution < -0.4 is 0 Å². The predicted octanol–water partition coefficient (Wildman–Crippen LogP) is 2.79. The van der Waals surface area contributed by atoms with E-state index in [4.69, 9.17) is 4.74 Å². The van der Waals surface area contributed by atoms with Crippen molar-refractivity contribution in [1.29, 1.82) is 0 Å². The molecule has 3 aromatic rings. The third-order valence-electron chi connectivity index (χ3n) is 4.67. The molecule has 1 aromatic carbocycles. The van der Waals surface area contributed by atoms with Crippen molar-refractivity contribution in [1.82, 2.24) is 19.9 Å². The molecular weight excluding hydrogens is 300 g/mol. The van der Waals surface area contributed by atoms with Crippen LogP contribution in [0.4, 0.5) is 0 Å². The Morgan fingerprint density at radius 2 is 2.25 bits per heavy atom. The van der Waals surface area contributed by atoms with Gasteiger partial charge in [0.1, 0.15) is 6.33 Å². The van der Waals surface area contributed by atoms with Crippen molar-refractivity contribution in [2.45, 2.75) is 25.5 Å². The lowest BCUT2D eigenvalue weighted by Gasteiger charge is -2.33. The van der Waals surface area contributed by atoms with Crippen LogP contribution in [0.3, 0.4) is 0 Å². The fourth-order valence-electron chi connectivity index (χ4n) is 3.40. The summed E-state index contributed by atoms with van der Waals surface area (Å²) in [7, 11) is 0. The second kappa shape index (κ2) is 7.11. The fourth-order valence-corrected chi connectivity index (χ4v) is 3.40. The monoisotopic (exact) mass is 322 g/mol. The van der Waals surface area contributed by atoms with E-state index >= 15 is 0 Å². The minimum atomic E-state index is 0.277. The van der Waals surface area contributed by atoms with Crippen LogP contribution in [0.5, 0.6) is 0 Å². The van der Waals surface area contributed by atoms with E-state index in [0.717, 1.165) is 44.8 Å². The first-order valence-corrected chi connectivity index (χ1v) is 8.52. The van der Waals surface area contributed by atoms with Crippen molar-refractivity contribution in [3.63, 3.8) is 0 Å². The van der Waals surface area contributed by atoms with Gasteiger partial charge in [-0.3, -0.25) is 4.90 Å². The van der Waals surface area contributed by atoms with Crippen molar-refractivity contribution in [2.24, 2.45) is 0 Å². The number of morpholine rings is 1. The molecule has 1 aliphatic heterocycles. The third kappa shape index (κ3) is 3.47. The van der Waals surface area contributed by atoms with Crippen LogP contribution >= 0.6 is 0 Å². The summed E-state index contributed by atoms with van der Waals surface area (Å²) in [6.45, 7) is 3.75. The molecule has 0 spiro atoms. The van der Waals surface area contributed by atoms with Crippen LogP contribution in [0.25, 0.3) is 10.9 Å². The van der Waals surface area contributed by atoms with E-state index in [1.54, 1.807) is 12.5 Å². The van der Waals surface area contributed by atoms with Gasteiger partial charge in [0.2, 0.25) is 0 Å². The number of hydrogen-bond donors (Lipinski definition) is 1. The van der Waals surface area contributed by atoms with Gasteiger partial charge in [0, 0.05) is 48.6 Å². The smallest absolute Gasteiger partial charge is 0.115 e. The van der Waals surface area contributed by atoms with Crippen molar-refractivity contribution >= 4 is 10.9 Å². The highest BCUT2D eigenvalue weighted by atomic mass is 16.5. The summed E-state index contributed by atoms with van der Waals surface area (Å²) in [4.78, 5) is 14.0. The van der Waals surface area contributed by atoms with Crippen molar-refractivity contribution in [3.05, 3.63) is 60.3 Å². The Morgan fingerprint density at radius 3 is 3.17 bits per heavy atom. The molecule has 1 atom stereocenters. The number of benzene rings is 1. The van der Waals surface area contributed by atoms with Gasteiger partial charge in [-0.15, -0.1) is 0 Å². The predicted molar refractivity (Wildman–Crippen MR) is 93.7 cm³/mol. The molecule has 0 bridgehead atoms. The van der Waals surface area contributed by atoms with Gasteiger partial charge >= 0.3 is 0 Å². The molecule has 1 aliphatic rings. The number of aryl methyl sites for hydroxylation is 1. The third-order valence-corrected chi connectivity index (χ3v) is 4.67. The van der Waals surface area contributed by atoms with Gasteiger partial charge in [-0.25, -0.2) is 9.97 Å². The number of hydrogen-bond acceptors (Lipinski definition) is 4. The van der Waals surface area contributed by atoms with E-state index in [0.29, 0.717) is 0 Å². The maximum absolute atomic E-state index is 5.95. The summed E-state index contributed by atoms with van der Waals surface area (Å²) in [6, 6.07) is 10.6. The van der Waals surface area contributed by atoms with Crippen LogP contribution in [-0.2, 0) is 17.7 Å². The first-order valence-electron chi connectivity index (χ1n) is 8.52. The van der Waals surface area contributed by atoms with Crippen LogP contribution in [-0.4, -0.2) is 45.7 Å². The normalized spacial score (nSPS) is 18.9.